The molecule has 3 saturated carbocycles. The first-order valence-corrected chi connectivity index (χ1v) is 13.0. The minimum Gasteiger partial charge on any atom is -0.508 e. The zero-order chi connectivity index (χ0) is 21.3. The summed E-state index contributed by atoms with van der Waals surface area (Å²) in [5, 5.41) is 10.7. The van der Waals surface area contributed by atoms with Gasteiger partial charge in [-0.15, -0.1) is 0 Å². The SMILES string of the molecule is Oc1ccc(COC2CCCCC2)c(COC2CCCCC2)c1COC1CCCCC1. The van der Waals surface area contributed by atoms with E-state index in [4.69, 9.17) is 14.2 Å². The molecule has 0 atom stereocenters. The number of ether oxygens (including phenoxy) is 3. The molecular weight excluding hydrogens is 388 g/mol. The molecule has 0 aromatic heterocycles. The number of phenolic OH excluding ortho intramolecular Hbond substituents is 1. The Hall–Kier alpha value is -1.10. The van der Waals surface area contributed by atoms with Crippen LogP contribution >= 0.6 is 0 Å². The molecule has 4 heteroatoms. The quantitative estimate of drug-likeness (QED) is 0.461. The first-order chi connectivity index (χ1) is 15.3. The van der Waals surface area contributed by atoms with Gasteiger partial charge in [0.15, 0.2) is 0 Å². The van der Waals surface area contributed by atoms with Gasteiger partial charge < -0.3 is 19.3 Å². The molecule has 31 heavy (non-hydrogen) atoms. The standard InChI is InChI=1S/C27H42O4/c28-27-17-16-21(18-29-22-10-4-1-5-11-22)25(19-30-23-12-6-2-7-13-23)26(27)20-31-24-14-8-3-9-15-24/h16-17,22-24,28H,1-15,18-20H2. The number of hydrogen-bond donors (Lipinski definition) is 1. The maximum atomic E-state index is 10.7. The Morgan fingerprint density at radius 2 is 0.968 bits per heavy atom. The Bertz CT molecular complexity index is 655. The molecule has 3 fully saturated rings. The predicted molar refractivity (Wildman–Crippen MR) is 123 cm³/mol. The third-order valence-electron chi connectivity index (χ3n) is 7.56. The van der Waals surface area contributed by atoms with Gasteiger partial charge in [0.1, 0.15) is 5.75 Å². The monoisotopic (exact) mass is 430 g/mol. The van der Waals surface area contributed by atoms with Crippen molar-refractivity contribution in [3.8, 4) is 5.75 Å². The van der Waals surface area contributed by atoms with Crippen LogP contribution in [0.3, 0.4) is 0 Å². The number of benzene rings is 1. The van der Waals surface area contributed by atoms with Crippen molar-refractivity contribution in [2.45, 2.75) is 134 Å². The van der Waals surface area contributed by atoms with E-state index in [1.165, 1.54) is 70.6 Å². The molecule has 4 nitrogen and oxygen atoms in total. The fourth-order valence-electron chi connectivity index (χ4n) is 5.51. The van der Waals surface area contributed by atoms with Crippen molar-refractivity contribution >= 4 is 0 Å². The lowest BCUT2D eigenvalue weighted by Crippen LogP contribution is -2.20. The molecule has 3 aliphatic carbocycles. The number of hydrogen-bond acceptors (Lipinski definition) is 4. The summed E-state index contributed by atoms with van der Waals surface area (Å²) in [5.41, 5.74) is 3.16. The maximum absolute atomic E-state index is 10.7. The van der Waals surface area contributed by atoms with Crippen molar-refractivity contribution in [3.05, 3.63) is 28.8 Å². The summed E-state index contributed by atoms with van der Waals surface area (Å²) in [7, 11) is 0. The third kappa shape index (κ3) is 6.94. The molecule has 1 aromatic carbocycles. The largest absolute Gasteiger partial charge is 0.508 e. The van der Waals surface area contributed by atoms with Gasteiger partial charge in [0, 0.05) is 5.56 Å². The van der Waals surface area contributed by atoms with Crippen molar-refractivity contribution in [1.29, 1.82) is 0 Å². The smallest absolute Gasteiger partial charge is 0.121 e. The molecule has 0 aliphatic heterocycles. The first kappa shape index (κ1) is 23.1. The van der Waals surface area contributed by atoms with Crippen LogP contribution in [0.15, 0.2) is 12.1 Å². The molecule has 0 saturated heterocycles. The van der Waals surface area contributed by atoms with Crippen LogP contribution in [0, 0.1) is 0 Å². The second kappa shape index (κ2) is 12.2. The Morgan fingerprint density at radius 1 is 0.548 bits per heavy atom. The molecule has 0 unspecified atom stereocenters. The van der Waals surface area contributed by atoms with E-state index in [2.05, 4.69) is 0 Å². The molecule has 0 heterocycles. The van der Waals surface area contributed by atoms with E-state index in [-0.39, 0.29) is 0 Å². The molecule has 0 radical (unpaired) electrons. The summed E-state index contributed by atoms with van der Waals surface area (Å²) in [6, 6.07) is 3.85. The van der Waals surface area contributed by atoms with Crippen LogP contribution in [-0.2, 0) is 34.0 Å². The van der Waals surface area contributed by atoms with Gasteiger partial charge in [-0.05, 0) is 55.7 Å². The van der Waals surface area contributed by atoms with Gasteiger partial charge in [-0.3, -0.25) is 0 Å². The van der Waals surface area contributed by atoms with Gasteiger partial charge in [0.05, 0.1) is 38.1 Å². The third-order valence-corrected chi connectivity index (χ3v) is 7.56. The summed E-state index contributed by atoms with van der Waals surface area (Å²) in [4.78, 5) is 0. The fourth-order valence-corrected chi connectivity index (χ4v) is 5.51. The summed E-state index contributed by atoms with van der Waals surface area (Å²) in [5.74, 6) is 0.333. The molecule has 4 rings (SSSR count). The van der Waals surface area contributed by atoms with Crippen molar-refractivity contribution < 1.29 is 19.3 Å². The van der Waals surface area contributed by atoms with E-state index in [1.54, 1.807) is 0 Å². The van der Waals surface area contributed by atoms with Crippen LogP contribution in [-0.4, -0.2) is 23.4 Å². The second-order valence-corrected chi connectivity index (χ2v) is 9.91. The molecule has 3 aliphatic rings. The lowest BCUT2D eigenvalue weighted by molar-refractivity contribution is 0.00155. The zero-order valence-corrected chi connectivity index (χ0v) is 19.3. The van der Waals surface area contributed by atoms with E-state index in [1.807, 2.05) is 12.1 Å². The number of phenols is 1. The van der Waals surface area contributed by atoms with Gasteiger partial charge >= 0.3 is 0 Å². The van der Waals surface area contributed by atoms with Crippen molar-refractivity contribution in [3.63, 3.8) is 0 Å². The minimum absolute atomic E-state index is 0.322. The van der Waals surface area contributed by atoms with Crippen LogP contribution in [0.4, 0.5) is 0 Å². The maximum Gasteiger partial charge on any atom is 0.121 e. The first-order valence-electron chi connectivity index (χ1n) is 13.0. The van der Waals surface area contributed by atoms with Gasteiger partial charge in [0.2, 0.25) is 0 Å². The summed E-state index contributed by atoms with van der Waals surface area (Å²) < 4.78 is 19.0. The highest BCUT2D eigenvalue weighted by atomic mass is 16.5. The summed E-state index contributed by atoms with van der Waals surface area (Å²) in [6.45, 7) is 1.62. The van der Waals surface area contributed by atoms with Crippen molar-refractivity contribution in [2.75, 3.05) is 0 Å². The van der Waals surface area contributed by atoms with Gasteiger partial charge in [0.25, 0.3) is 0 Å². The van der Waals surface area contributed by atoms with Crippen molar-refractivity contribution in [1.82, 2.24) is 0 Å². The second-order valence-electron chi connectivity index (χ2n) is 9.91. The van der Waals surface area contributed by atoms with Crippen molar-refractivity contribution in [2.24, 2.45) is 0 Å². The molecular formula is C27H42O4. The highest BCUT2D eigenvalue weighted by Gasteiger charge is 2.21. The molecule has 0 amide bonds. The summed E-state index contributed by atoms with van der Waals surface area (Å²) >= 11 is 0. The van der Waals surface area contributed by atoms with E-state index >= 15 is 0 Å². The van der Waals surface area contributed by atoms with Gasteiger partial charge in [-0.25, -0.2) is 0 Å². The van der Waals surface area contributed by atoms with E-state index in [9.17, 15) is 5.11 Å². The Labute approximate surface area is 188 Å². The minimum atomic E-state index is 0.322. The molecule has 1 aromatic rings. The Morgan fingerprint density at radius 3 is 1.45 bits per heavy atom. The highest BCUT2D eigenvalue weighted by Crippen LogP contribution is 2.31. The molecule has 1 N–H and O–H groups in total. The highest BCUT2D eigenvalue weighted by molar-refractivity contribution is 5.43. The molecule has 0 bridgehead atoms. The average Bonchev–Trinajstić information content (AvgIpc) is 2.83. The topological polar surface area (TPSA) is 47.9 Å². The van der Waals surface area contributed by atoms with E-state index in [0.717, 1.165) is 42.4 Å². The van der Waals surface area contributed by atoms with Gasteiger partial charge in [-0.1, -0.05) is 63.9 Å². The van der Waals surface area contributed by atoms with Crippen LogP contribution in [0.2, 0.25) is 0 Å². The lowest BCUT2D eigenvalue weighted by atomic mass is 9.96. The normalized spacial score (nSPS) is 22.1. The number of rotatable bonds is 9. The van der Waals surface area contributed by atoms with E-state index in [0.29, 0.717) is 43.9 Å². The lowest BCUT2D eigenvalue weighted by Gasteiger charge is -2.26. The Kier molecular flexibility index (Phi) is 9.10. The van der Waals surface area contributed by atoms with Crippen LogP contribution < -0.4 is 0 Å². The zero-order valence-electron chi connectivity index (χ0n) is 19.3. The summed E-state index contributed by atoms with van der Waals surface area (Å²) in [6.07, 6.45) is 19.5. The van der Waals surface area contributed by atoms with Crippen LogP contribution in [0.1, 0.15) is 113 Å². The Balaban J connectivity index is 1.45. The van der Waals surface area contributed by atoms with Gasteiger partial charge in [-0.2, -0.15) is 0 Å². The number of aromatic hydroxyl groups is 1. The molecule has 174 valence electrons. The van der Waals surface area contributed by atoms with Crippen LogP contribution in [0.5, 0.6) is 5.75 Å². The predicted octanol–water partition coefficient (Wildman–Crippen LogP) is 6.94. The van der Waals surface area contributed by atoms with E-state index < -0.39 is 0 Å². The fraction of sp³-hybridized carbons (Fsp3) is 0.778. The average molecular weight is 431 g/mol. The van der Waals surface area contributed by atoms with Crippen LogP contribution in [0.25, 0.3) is 0 Å². The molecule has 0 spiro atoms.